The van der Waals surface area contributed by atoms with E-state index in [0.717, 1.165) is 0 Å². The summed E-state index contributed by atoms with van der Waals surface area (Å²) in [7, 11) is 0. The number of rotatable bonds is 7. The first-order chi connectivity index (χ1) is 13.2. The summed E-state index contributed by atoms with van der Waals surface area (Å²) in [6.07, 6.45) is 0. The fourth-order valence-corrected chi connectivity index (χ4v) is 2.38. The van der Waals surface area contributed by atoms with Gasteiger partial charge in [-0.25, -0.2) is 0 Å². The van der Waals surface area contributed by atoms with Crippen molar-refractivity contribution in [3.05, 3.63) is 53.6 Å². The molecule has 0 atom stereocenters. The highest BCUT2D eigenvalue weighted by Crippen LogP contribution is 2.20. The Morgan fingerprint density at radius 1 is 0.929 bits per heavy atom. The summed E-state index contributed by atoms with van der Waals surface area (Å²) in [5.41, 5.74) is 1.62. The summed E-state index contributed by atoms with van der Waals surface area (Å²) in [5.74, 6) is -1.06. The van der Waals surface area contributed by atoms with Gasteiger partial charge in [0.2, 0.25) is 11.8 Å². The number of ether oxygens (including phenoxy) is 1. The van der Waals surface area contributed by atoms with Crippen LogP contribution < -0.4 is 20.7 Å². The smallest absolute Gasteiger partial charge is 0.387 e. The standard InChI is InChI=1S/C19H19F2N3O4/c1-11(25)23-15-7-14(8-16(9-15)24-12(2)26)18(27)22-10-13-3-5-17(6-4-13)28-19(20)21/h3-9,19H,10H2,1-2H3,(H,22,27)(H,23,25)(H,24,26). The lowest BCUT2D eigenvalue weighted by Crippen LogP contribution is -2.23. The van der Waals surface area contributed by atoms with E-state index in [1.807, 2.05) is 0 Å². The molecule has 2 aromatic rings. The normalized spacial score (nSPS) is 10.3. The minimum absolute atomic E-state index is 0.0213. The second-order valence-corrected chi connectivity index (χ2v) is 5.87. The van der Waals surface area contributed by atoms with Crippen LogP contribution in [0.1, 0.15) is 29.8 Å². The first-order valence-electron chi connectivity index (χ1n) is 8.25. The molecule has 0 aliphatic heterocycles. The number of halogens is 2. The average molecular weight is 391 g/mol. The van der Waals surface area contributed by atoms with Crippen LogP contribution in [0, 0.1) is 0 Å². The van der Waals surface area contributed by atoms with Crippen molar-refractivity contribution in [3.63, 3.8) is 0 Å². The summed E-state index contributed by atoms with van der Waals surface area (Å²) in [5, 5.41) is 7.81. The van der Waals surface area contributed by atoms with Gasteiger partial charge in [0, 0.05) is 37.3 Å². The summed E-state index contributed by atoms with van der Waals surface area (Å²) in [6, 6.07) is 10.3. The number of anilines is 2. The molecule has 0 fully saturated rings. The molecule has 0 aromatic heterocycles. The predicted molar refractivity (Wildman–Crippen MR) is 99.3 cm³/mol. The fraction of sp³-hybridized carbons (Fsp3) is 0.211. The van der Waals surface area contributed by atoms with Crippen molar-refractivity contribution >= 4 is 29.1 Å². The van der Waals surface area contributed by atoms with Crippen LogP contribution in [-0.4, -0.2) is 24.3 Å². The van der Waals surface area contributed by atoms with Crippen LogP contribution in [0.5, 0.6) is 5.75 Å². The second kappa shape index (κ2) is 9.45. The number of benzene rings is 2. The summed E-state index contributed by atoms with van der Waals surface area (Å²) < 4.78 is 28.6. The number of amides is 3. The number of carbonyl (C=O) groups is 3. The molecule has 7 nitrogen and oxygen atoms in total. The van der Waals surface area contributed by atoms with Crippen molar-refractivity contribution in [2.24, 2.45) is 0 Å². The van der Waals surface area contributed by atoms with E-state index >= 15 is 0 Å². The molecule has 9 heteroatoms. The van der Waals surface area contributed by atoms with Gasteiger partial charge in [0.05, 0.1) is 0 Å². The van der Waals surface area contributed by atoms with E-state index in [1.54, 1.807) is 12.1 Å². The monoisotopic (exact) mass is 391 g/mol. The Labute approximate surface area is 160 Å². The van der Waals surface area contributed by atoms with E-state index in [4.69, 9.17) is 0 Å². The topological polar surface area (TPSA) is 96.5 Å². The minimum Gasteiger partial charge on any atom is -0.435 e. The van der Waals surface area contributed by atoms with Crippen LogP contribution in [0.4, 0.5) is 20.2 Å². The van der Waals surface area contributed by atoms with Gasteiger partial charge in [-0.05, 0) is 35.9 Å². The van der Waals surface area contributed by atoms with Gasteiger partial charge in [-0.15, -0.1) is 0 Å². The molecule has 3 amide bonds. The van der Waals surface area contributed by atoms with E-state index in [2.05, 4.69) is 20.7 Å². The quantitative estimate of drug-likeness (QED) is 0.676. The summed E-state index contributed by atoms with van der Waals surface area (Å²) >= 11 is 0. The Balaban J connectivity index is 2.09. The molecular formula is C19H19F2N3O4. The third-order valence-electron chi connectivity index (χ3n) is 3.44. The third kappa shape index (κ3) is 6.67. The maximum Gasteiger partial charge on any atom is 0.387 e. The van der Waals surface area contributed by atoms with Gasteiger partial charge in [0.15, 0.2) is 0 Å². The molecule has 0 unspecified atom stereocenters. The Hall–Kier alpha value is -3.49. The highest BCUT2D eigenvalue weighted by molar-refractivity contribution is 5.99. The lowest BCUT2D eigenvalue weighted by Gasteiger charge is -2.11. The number of hydrogen-bond donors (Lipinski definition) is 3. The highest BCUT2D eigenvalue weighted by atomic mass is 19.3. The van der Waals surface area contributed by atoms with E-state index in [-0.39, 0.29) is 29.7 Å². The summed E-state index contributed by atoms with van der Waals surface area (Å²) in [6.45, 7) is -0.106. The second-order valence-electron chi connectivity index (χ2n) is 5.87. The Morgan fingerprint density at radius 2 is 1.46 bits per heavy atom. The molecule has 2 rings (SSSR count). The van der Waals surface area contributed by atoms with Crippen molar-refractivity contribution in [2.75, 3.05) is 10.6 Å². The van der Waals surface area contributed by atoms with Crippen LogP contribution >= 0.6 is 0 Å². The van der Waals surface area contributed by atoms with Crippen LogP contribution in [0.25, 0.3) is 0 Å². The van der Waals surface area contributed by atoms with Gasteiger partial charge in [0.1, 0.15) is 5.75 Å². The molecule has 3 N–H and O–H groups in total. The first-order valence-corrected chi connectivity index (χ1v) is 8.25. The van der Waals surface area contributed by atoms with E-state index < -0.39 is 12.5 Å². The van der Waals surface area contributed by atoms with Crippen LogP contribution in [0.15, 0.2) is 42.5 Å². The van der Waals surface area contributed by atoms with Crippen molar-refractivity contribution in [2.45, 2.75) is 27.0 Å². The maximum atomic E-state index is 12.4. The average Bonchev–Trinajstić information content (AvgIpc) is 2.59. The number of hydrogen-bond acceptors (Lipinski definition) is 4. The van der Waals surface area contributed by atoms with Gasteiger partial charge in [0.25, 0.3) is 5.91 Å². The molecule has 0 saturated heterocycles. The molecule has 2 aromatic carbocycles. The van der Waals surface area contributed by atoms with Gasteiger partial charge in [-0.2, -0.15) is 8.78 Å². The van der Waals surface area contributed by atoms with Crippen LogP contribution in [-0.2, 0) is 16.1 Å². The molecular weight excluding hydrogens is 372 g/mol. The van der Waals surface area contributed by atoms with E-state index in [9.17, 15) is 23.2 Å². The molecule has 0 heterocycles. The number of alkyl halides is 2. The largest absolute Gasteiger partial charge is 0.435 e. The van der Waals surface area contributed by atoms with Crippen molar-refractivity contribution < 1.29 is 27.9 Å². The maximum absolute atomic E-state index is 12.4. The lowest BCUT2D eigenvalue weighted by molar-refractivity contribution is -0.115. The minimum atomic E-state index is -2.90. The van der Waals surface area contributed by atoms with Crippen molar-refractivity contribution in [1.29, 1.82) is 0 Å². The molecule has 148 valence electrons. The van der Waals surface area contributed by atoms with Gasteiger partial charge in [-0.3, -0.25) is 14.4 Å². The first kappa shape index (κ1) is 20.8. The van der Waals surface area contributed by atoms with Crippen molar-refractivity contribution in [3.8, 4) is 5.75 Å². The zero-order chi connectivity index (χ0) is 20.7. The molecule has 0 aliphatic carbocycles. The molecule has 0 aliphatic rings. The molecule has 0 radical (unpaired) electrons. The Bertz CT molecular complexity index is 836. The van der Waals surface area contributed by atoms with Crippen molar-refractivity contribution in [1.82, 2.24) is 5.32 Å². The Kier molecular flexibility index (Phi) is 7.02. The van der Waals surface area contributed by atoms with E-state index in [0.29, 0.717) is 16.9 Å². The van der Waals surface area contributed by atoms with Crippen LogP contribution in [0.2, 0.25) is 0 Å². The number of carbonyl (C=O) groups excluding carboxylic acids is 3. The SMILES string of the molecule is CC(=O)Nc1cc(NC(C)=O)cc(C(=O)NCc2ccc(OC(F)F)cc2)c1. The molecule has 28 heavy (non-hydrogen) atoms. The third-order valence-corrected chi connectivity index (χ3v) is 3.44. The van der Waals surface area contributed by atoms with Gasteiger partial charge in [-0.1, -0.05) is 12.1 Å². The fourth-order valence-electron chi connectivity index (χ4n) is 2.38. The van der Waals surface area contributed by atoms with Crippen LogP contribution in [0.3, 0.4) is 0 Å². The number of nitrogens with one attached hydrogen (secondary N) is 3. The molecule has 0 bridgehead atoms. The zero-order valence-corrected chi connectivity index (χ0v) is 15.2. The Morgan fingerprint density at radius 3 is 1.93 bits per heavy atom. The molecule has 0 saturated carbocycles. The predicted octanol–water partition coefficient (Wildman–Crippen LogP) is 3.13. The van der Waals surface area contributed by atoms with Gasteiger partial charge >= 0.3 is 6.61 Å². The molecule has 0 spiro atoms. The van der Waals surface area contributed by atoms with E-state index in [1.165, 1.54) is 44.2 Å². The van der Waals surface area contributed by atoms with Gasteiger partial charge < -0.3 is 20.7 Å². The highest BCUT2D eigenvalue weighted by Gasteiger charge is 2.11. The lowest BCUT2D eigenvalue weighted by atomic mass is 10.1. The zero-order valence-electron chi connectivity index (χ0n) is 15.2. The summed E-state index contributed by atoms with van der Waals surface area (Å²) in [4.78, 5) is 35.0.